The van der Waals surface area contributed by atoms with E-state index in [0.29, 0.717) is 5.02 Å². The number of nitrogens with two attached hydrogens (primary N) is 1. The highest BCUT2D eigenvalue weighted by atomic mass is 35.5. The summed E-state index contributed by atoms with van der Waals surface area (Å²) in [5.41, 5.74) is 6.68. The molecule has 0 saturated carbocycles. The van der Waals surface area contributed by atoms with Gasteiger partial charge in [-0.2, -0.15) is 0 Å². The molecule has 0 heterocycles. The highest BCUT2D eigenvalue weighted by Crippen LogP contribution is 2.22. The molecule has 2 N–H and O–H groups in total. The lowest BCUT2D eigenvalue weighted by molar-refractivity contribution is 0.566. The van der Waals surface area contributed by atoms with Gasteiger partial charge in [0.05, 0.1) is 5.25 Å². The van der Waals surface area contributed by atoms with E-state index < -0.39 is 21.1 Å². The molecule has 0 aromatic heterocycles. The first kappa shape index (κ1) is 13.5. The molecule has 1 aromatic rings. The van der Waals surface area contributed by atoms with Crippen molar-refractivity contribution >= 4 is 21.4 Å². The Morgan fingerprint density at radius 3 is 2.56 bits per heavy atom. The molecule has 0 aliphatic carbocycles. The van der Waals surface area contributed by atoms with Gasteiger partial charge < -0.3 is 5.73 Å². The second-order valence-corrected chi connectivity index (χ2v) is 6.82. The van der Waals surface area contributed by atoms with Crippen LogP contribution < -0.4 is 5.73 Å². The van der Waals surface area contributed by atoms with Crippen molar-refractivity contribution in [3.63, 3.8) is 0 Å². The summed E-state index contributed by atoms with van der Waals surface area (Å²) in [6, 6.07) is 6.45. The molecule has 3 nitrogen and oxygen atoms in total. The van der Waals surface area contributed by atoms with Crippen molar-refractivity contribution in [1.82, 2.24) is 0 Å². The van der Waals surface area contributed by atoms with Gasteiger partial charge in [-0.3, -0.25) is 0 Å². The number of hydrogen-bond donors (Lipinski definition) is 1. The molecule has 0 bridgehead atoms. The van der Waals surface area contributed by atoms with Crippen LogP contribution in [-0.4, -0.2) is 19.4 Å². The summed E-state index contributed by atoms with van der Waals surface area (Å²) in [6.45, 7) is 3.25. The van der Waals surface area contributed by atoms with Crippen LogP contribution in [0.15, 0.2) is 24.3 Å². The van der Waals surface area contributed by atoms with Crippen molar-refractivity contribution in [2.45, 2.75) is 25.1 Å². The second kappa shape index (κ2) is 5.17. The van der Waals surface area contributed by atoms with Crippen LogP contribution >= 0.6 is 11.6 Å². The van der Waals surface area contributed by atoms with Gasteiger partial charge in [-0.05, 0) is 24.6 Å². The van der Waals surface area contributed by atoms with Gasteiger partial charge in [0.25, 0.3) is 0 Å². The zero-order valence-corrected chi connectivity index (χ0v) is 10.9. The third kappa shape index (κ3) is 2.97. The molecule has 0 amide bonds. The molecule has 0 aliphatic heterocycles. The minimum Gasteiger partial charge on any atom is -0.323 e. The van der Waals surface area contributed by atoms with Gasteiger partial charge in [0.2, 0.25) is 0 Å². The van der Waals surface area contributed by atoms with E-state index in [0.717, 1.165) is 5.56 Å². The Morgan fingerprint density at radius 1 is 1.44 bits per heavy atom. The van der Waals surface area contributed by atoms with Crippen LogP contribution in [0.4, 0.5) is 0 Å². The standard InChI is InChI=1S/C11H16ClNO2S/c1-3-16(14,15)8(2)11(13)9-5-4-6-10(12)7-9/h4-8,11H,3,13H2,1-2H3/t8-,11+/m1/s1. The van der Waals surface area contributed by atoms with Crippen molar-refractivity contribution in [1.29, 1.82) is 0 Å². The first-order valence-corrected chi connectivity index (χ1v) is 7.20. The van der Waals surface area contributed by atoms with Crippen molar-refractivity contribution in [3.05, 3.63) is 34.9 Å². The van der Waals surface area contributed by atoms with Gasteiger partial charge >= 0.3 is 0 Å². The average Bonchev–Trinajstić information content (AvgIpc) is 2.27. The summed E-state index contributed by atoms with van der Waals surface area (Å²) < 4.78 is 23.4. The molecule has 1 rings (SSSR count). The topological polar surface area (TPSA) is 60.2 Å². The van der Waals surface area contributed by atoms with Gasteiger partial charge in [0, 0.05) is 16.8 Å². The molecule has 5 heteroatoms. The van der Waals surface area contributed by atoms with Crippen molar-refractivity contribution in [3.8, 4) is 0 Å². The molecule has 2 atom stereocenters. The molecule has 90 valence electrons. The van der Waals surface area contributed by atoms with E-state index in [1.807, 2.05) is 0 Å². The lowest BCUT2D eigenvalue weighted by atomic mass is 10.1. The maximum Gasteiger partial charge on any atom is 0.154 e. The van der Waals surface area contributed by atoms with E-state index in [1.54, 1.807) is 38.1 Å². The Balaban J connectivity index is 2.99. The largest absolute Gasteiger partial charge is 0.323 e. The van der Waals surface area contributed by atoms with E-state index >= 15 is 0 Å². The summed E-state index contributed by atoms with van der Waals surface area (Å²) in [7, 11) is -3.13. The number of benzene rings is 1. The Bertz CT molecular complexity index is 459. The Labute approximate surface area is 102 Å². The second-order valence-electron chi connectivity index (χ2n) is 3.74. The highest BCUT2D eigenvalue weighted by molar-refractivity contribution is 7.92. The summed E-state index contributed by atoms with van der Waals surface area (Å²) >= 11 is 5.84. The predicted molar refractivity (Wildman–Crippen MR) is 67.3 cm³/mol. The van der Waals surface area contributed by atoms with Gasteiger partial charge in [0.1, 0.15) is 0 Å². The van der Waals surface area contributed by atoms with Crippen LogP contribution in [0.3, 0.4) is 0 Å². The number of hydrogen-bond acceptors (Lipinski definition) is 3. The molecular formula is C11H16ClNO2S. The first-order valence-electron chi connectivity index (χ1n) is 5.11. The third-order valence-electron chi connectivity index (χ3n) is 2.71. The normalized spacial score (nSPS) is 15.8. The van der Waals surface area contributed by atoms with E-state index in [-0.39, 0.29) is 5.75 Å². The molecule has 1 aromatic carbocycles. The minimum atomic E-state index is -3.13. The van der Waals surface area contributed by atoms with Crippen LogP contribution in [0, 0.1) is 0 Å². The fraction of sp³-hybridized carbons (Fsp3) is 0.455. The average molecular weight is 262 g/mol. The molecule has 0 unspecified atom stereocenters. The molecule has 0 aliphatic rings. The number of sulfone groups is 1. The molecule has 0 fully saturated rings. The van der Waals surface area contributed by atoms with Crippen molar-refractivity contribution in [2.24, 2.45) is 5.73 Å². The fourth-order valence-corrected chi connectivity index (χ4v) is 2.80. The maximum absolute atomic E-state index is 11.7. The molecule has 16 heavy (non-hydrogen) atoms. The Kier molecular flexibility index (Phi) is 4.35. The third-order valence-corrected chi connectivity index (χ3v) is 5.17. The summed E-state index contributed by atoms with van der Waals surface area (Å²) in [4.78, 5) is 0. The zero-order valence-electron chi connectivity index (χ0n) is 9.35. The molecule has 0 spiro atoms. The van der Waals surface area contributed by atoms with Crippen LogP contribution in [0.1, 0.15) is 25.5 Å². The van der Waals surface area contributed by atoms with Crippen LogP contribution in [0.25, 0.3) is 0 Å². The highest BCUT2D eigenvalue weighted by Gasteiger charge is 2.26. The summed E-state index contributed by atoms with van der Waals surface area (Å²) in [5.74, 6) is 0.0996. The smallest absolute Gasteiger partial charge is 0.154 e. The molecule has 0 saturated heterocycles. The number of halogens is 1. The van der Waals surface area contributed by atoms with E-state index in [4.69, 9.17) is 17.3 Å². The fourth-order valence-electron chi connectivity index (χ4n) is 1.47. The molecular weight excluding hydrogens is 246 g/mol. The summed E-state index contributed by atoms with van der Waals surface area (Å²) in [5, 5.41) is -0.0370. The quantitative estimate of drug-likeness (QED) is 0.904. The van der Waals surface area contributed by atoms with Crippen LogP contribution in [0.2, 0.25) is 5.02 Å². The monoisotopic (exact) mass is 261 g/mol. The summed E-state index contributed by atoms with van der Waals surface area (Å²) in [6.07, 6.45) is 0. The lowest BCUT2D eigenvalue weighted by Gasteiger charge is -2.20. The van der Waals surface area contributed by atoms with Gasteiger partial charge in [-0.1, -0.05) is 30.7 Å². The van der Waals surface area contributed by atoms with E-state index in [1.165, 1.54) is 0 Å². The van der Waals surface area contributed by atoms with E-state index in [2.05, 4.69) is 0 Å². The minimum absolute atomic E-state index is 0.0996. The van der Waals surface area contributed by atoms with Crippen molar-refractivity contribution < 1.29 is 8.42 Å². The molecule has 0 radical (unpaired) electrons. The van der Waals surface area contributed by atoms with Crippen LogP contribution in [-0.2, 0) is 9.84 Å². The predicted octanol–water partition coefficient (Wildman–Crippen LogP) is 2.16. The first-order chi connectivity index (χ1) is 7.38. The SMILES string of the molecule is CCS(=O)(=O)[C@H](C)[C@H](N)c1cccc(Cl)c1. The maximum atomic E-state index is 11.7. The Morgan fingerprint density at radius 2 is 2.06 bits per heavy atom. The van der Waals surface area contributed by atoms with E-state index in [9.17, 15) is 8.42 Å². The van der Waals surface area contributed by atoms with Gasteiger partial charge in [-0.15, -0.1) is 0 Å². The van der Waals surface area contributed by atoms with Gasteiger partial charge in [-0.25, -0.2) is 8.42 Å². The van der Waals surface area contributed by atoms with Crippen LogP contribution in [0.5, 0.6) is 0 Å². The van der Waals surface area contributed by atoms with Crippen molar-refractivity contribution in [2.75, 3.05) is 5.75 Å². The van der Waals surface area contributed by atoms with Gasteiger partial charge in [0.15, 0.2) is 9.84 Å². The zero-order chi connectivity index (χ0) is 12.3. The lowest BCUT2D eigenvalue weighted by Crippen LogP contribution is -2.32. The number of rotatable bonds is 4. The Hall–Kier alpha value is -0.580.